The number of carbonyl (C=O) groups is 2. The summed E-state index contributed by atoms with van der Waals surface area (Å²) in [5.74, 6) is 1.41. The number of nitrogens with zero attached hydrogens (tertiary/aromatic N) is 4. The van der Waals surface area contributed by atoms with E-state index in [-0.39, 0.29) is 17.6 Å². The van der Waals surface area contributed by atoms with Crippen molar-refractivity contribution in [2.45, 2.75) is 39.7 Å². The highest BCUT2D eigenvalue weighted by Crippen LogP contribution is 2.26. The van der Waals surface area contributed by atoms with Crippen molar-refractivity contribution in [1.29, 1.82) is 0 Å². The van der Waals surface area contributed by atoms with Gasteiger partial charge in [-0.15, -0.1) is 0 Å². The lowest BCUT2D eigenvalue weighted by atomic mass is 9.88. The molecule has 2 rings (SSSR count). The highest BCUT2D eigenvalue weighted by atomic mass is 16.2. The second-order valence-corrected chi connectivity index (χ2v) is 8.97. The van der Waals surface area contributed by atoms with Gasteiger partial charge in [-0.25, -0.2) is 9.59 Å². The third-order valence-electron chi connectivity index (χ3n) is 5.62. The van der Waals surface area contributed by atoms with Gasteiger partial charge in [0.05, 0.1) is 0 Å². The van der Waals surface area contributed by atoms with Gasteiger partial charge in [0.1, 0.15) is 0 Å². The maximum absolute atomic E-state index is 12.5. The van der Waals surface area contributed by atoms with Crippen LogP contribution in [0, 0.1) is 11.8 Å². The Kier molecular flexibility index (Phi) is 6.77. The Bertz CT molecular complexity index is 490. The molecule has 150 valence electrons. The van der Waals surface area contributed by atoms with Crippen LogP contribution in [-0.4, -0.2) is 97.1 Å². The fourth-order valence-electron chi connectivity index (χ4n) is 4.06. The number of piperidine rings is 1. The normalized spacial score (nSPS) is 25.2. The van der Waals surface area contributed by atoms with E-state index < -0.39 is 0 Å². The number of piperazine rings is 1. The van der Waals surface area contributed by atoms with Gasteiger partial charge in [0, 0.05) is 65.4 Å². The zero-order valence-corrected chi connectivity index (χ0v) is 17.4. The summed E-state index contributed by atoms with van der Waals surface area (Å²) in [6.07, 6.45) is 1.29. The zero-order chi connectivity index (χ0) is 19.5. The van der Waals surface area contributed by atoms with Crippen LogP contribution in [0.5, 0.6) is 0 Å². The molecule has 0 aliphatic carbocycles. The summed E-state index contributed by atoms with van der Waals surface area (Å²) in [6, 6.07) is -0.00679. The second kappa shape index (κ2) is 8.46. The minimum atomic E-state index is -0.0543. The maximum Gasteiger partial charge on any atom is 0.319 e. The maximum atomic E-state index is 12.5. The molecule has 1 N–H and O–H groups in total. The van der Waals surface area contributed by atoms with E-state index in [1.54, 1.807) is 23.9 Å². The quantitative estimate of drug-likeness (QED) is 0.827. The monoisotopic (exact) mass is 367 g/mol. The summed E-state index contributed by atoms with van der Waals surface area (Å²) in [4.78, 5) is 32.2. The Labute approximate surface area is 158 Å². The van der Waals surface area contributed by atoms with E-state index >= 15 is 0 Å². The Morgan fingerprint density at radius 3 is 2.00 bits per heavy atom. The summed E-state index contributed by atoms with van der Waals surface area (Å²) in [7, 11) is 3.51. The summed E-state index contributed by atoms with van der Waals surface area (Å²) in [6.45, 7) is 14.2. The topological polar surface area (TPSA) is 59.1 Å². The second-order valence-electron chi connectivity index (χ2n) is 8.97. The fourth-order valence-corrected chi connectivity index (χ4v) is 4.06. The first kappa shape index (κ1) is 20.8. The smallest absolute Gasteiger partial charge is 0.319 e. The first-order chi connectivity index (χ1) is 12.1. The van der Waals surface area contributed by atoms with Crippen LogP contribution in [0.3, 0.4) is 0 Å². The van der Waals surface area contributed by atoms with Crippen molar-refractivity contribution >= 4 is 12.1 Å². The highest BCUT2D eigenvalue weighted by molar-refractivity contribution is 5.76. The molecule has 0 bridgehead atoms. The van der Waals surface area contributed by atoms with Crippen molar-refractivity contribution in [1.82, 2.24) is 24.9 Å². The lowest BCUT2D eigenvalue weighted by Gasteiger charge is -2.45. The lowest BCUT2D eigenvalue weighted by Crippen LogP contribution is -2.59. The molecule has 2 saturated heterocycles. The molecule has 2 atom stereocenters. The Balaban J connectivity index is 1.80. The summed E-state index contributed by atoms with van der Waals surface area (Å²) in [5, 5.41) is 3.12. The molecule has 26 heavy (non-hydrogen) atoms. The number of nitrogens with one attached hydrogen (secondary N) is 1. The zero-order valence-electron chi connectivity index (χ0n) is 17.4. The molecule has 7 nitrogen and oxygen atoms in total. The van der Waals surface area contributed by atoms with Gasteiger partial charge in [0.25, 0.3) is 0 Å². The summed E-state index contributed by atoms with van der Waals surface area (Å²) in [5.41, 5.74) is -0.0543. The molecule has 0 aromatic carbocycles. The van der Waals surface area contributed by atoms with E-state index in [9.17, 15) is 9.59 Å². The van der Waals surface area contributed by atoms with Crippen molar-refractivity contribution in [3.63, 3.8) is 0 Å². The minimum absolute atomic E-state index is 0.0135. The fraction of sp³-hybridized carbons (Fsp3) is 0.895. The van der Waals surface area contributed by atoms with Gasteiger partial charge in [-0.2, -0.15) is 0 Å². The van der Waals surface area contributed by atoms with E-state index in [2.05, 4.69) is 37.9 Å². The molecule has 2 heterocycles. The van der Waals surface area contributed by atoms with Crippen LogP contribution in [-0.2, 0) is 0 Å². The van der Waals surface area contributed by atoms with Crippen molar-refractivity contribution in [3.8, 4) is 0 Å². The van der Waals surface area contributed by atoms with Crippen molar-refractivity contribution < 1.29 is 9.59 Å². The predicted molar refractivity (Wildman–Crippen MR) is 104 cm³/mol. The molecule has 2 aliphatic heterocycles. The molecule has 4 amide bonds. The van der Waals surface area contributed by atoms with Gasteiger partial charge in [-0.3, -0.25) is 4.90 Å². The first-order valence-electron chi connectivity index (χ1n) is 9.84. The SMILES string of the molecule is CC1CC(C)CN(C(C)(C)CNC(=O)N2CCN(C(=O)N(C)C)CC2)C1. The summed E-state index contributed by atoms with van der Waals surface area (Å²) < 4.78 is 0. The van der Waals surface area contributed by atoms with Crippen LogP contribution < -0.4 is 5.32 Å². The van der Waals surface area contributed by atoms with Gasteiger partial charge in [0.15, 0.2) is 0 Å². The number of amides is 4. The third kappa shape index (κ3) is 5.25. The van der Waals surface area contributed by atoms with Gasteiger partial charge in [0.2, 0.25) is 0 Å². The van der Waals surface area contributed by atoms with Crippen molar-refractivity contribution in [3.05, 3.63) is 0 Å². The van der Waals surface area contributed by atoms with Crippen molar-refractivity contribution in [2.75, 3.05) is 59.9 Å². The largest absolute Gasteiger partial charge is 0.336 e. The minimum Gasteiger partial charge on any atom is -0.336 e. The molecular formula is C19H37N5O2. The molecule has 2 unspecified atom stereocenters. The number of rotatable bonds is 3. The average Bonchev–Trinajstić information content (AvgIpc) is 2.58. The van der Waals surface area contributed by atoms with Crippen LogP contribution in [0.15, 0.2) is 0 Å². The number of hydrogen-bond acceptors (Lipinski definition) is 3. The van der Waals surface area contributed by atoms with Crippen LogP contribution in [0.4, 0.5) is 9.59 Å². The van der Waals surface area contributed by atoms with E-state index in [0.29, 0.717) is 44.6 Å². The standard InChI is InChI=1S/C19H37N5O2/c1-15-11-16(2)13-24(12-15)19(3,4)14-20-17(25)22-7-9-23(10-8-22)18(26)21(5)6/h15-16H,7-14H2,1-6H3,(H,20,25). The van der Waals surface area contributed by atoms with Gasteiger partial charge < -0.3 is 20.0 Å². The van der Waals surface area contributed by atoms with Crippen LogP contribution in [0.1, 0.15) is 34.1 Å². The Morgan fingerprint density at radius 1 is 1.00 bits per heavy atom. The molecule has 2 aliphatic rings. The summed E-state index contributed by atoms with van der Waals surface area (Å²) >= 11 is 0. The predicted octanol–water partition coefficient (Wildman–Crippen LogP) is 1.75. The molecule has 0 radical (unpaired) electrons. The average molecular weight is 368 g/mol. The molecule has 0 spiro atoms. The molecule has 0 aromatic rings. The lowest BCUT2D eigenvalue weighted by molar-refractivity contribution is 0.0459. The van der Waals surface area contributed by atoms with Crippen LogP contribution in [0.2, 0.25) is 0 Å². The van der Waals surface area contributed by atoms with E-state index in [0.717, 1.165) is 13.1 Å². The Hall–Kier alpha value is -1.50. The van der Waals surface area contributed by atoms with Gasteiger partial charge >= 0.3 is 12.1 Å². The molecule has 2 fully saturated rings. The molecule has 0 saturated carbocycles. The molecule has 7 heteroatoms. The third-order valence-corrected chi connectivity index (χ3v) is 5.62. The van der Waals surface area contributed by atoms with Crippen molar-refractivity contribution in [2.24, 2.45) is 11.8 Å². The molecule has 0 aromatic heterocycles. The van der Waals surface area contributed by atoms with E-state index in [1.807, 2.05) is 4.90 Å². The van der Waals surface area contributed by atoms with Crippen LogP contribution >= 0.6 is 0 Å². The number of carbonyl (C=O) groups excluding carboxylic acids is 2. The van der Waals surface area contributed by atoms with Gasteiger partial charge in [-0.1, -0.05) is 13.8 Å². The van der Waals surface area contributed by atoms with E-state index in [1.165, 1.54) is 6.42 Å². The highest BCUT2D eigenvalue weighted by Gasteiger charge is 2.33. The van der Waals surface area contributed by atoms with Gasteiger partial charge in [-0.05, 0) is 32.1 Å². The van der Waals surface area contributed by atoms with E-state index in [4.69, 9.17) is 0 Å². The number of hydrogen-bond donors (Lipinski definition) is 1. The number of urea groups is 2. The Morgan fingerprint density at radius 2 is 1.50 bits per heavy atom. The number of likely N-dealkylation sites (tertiary alicyclic amines) is 1. The first-order valence-corrected chi connectivity index (χ1v) is 9.84. The molecular weight excluding hydrogens is 330 g/mol. The van der Waals surface area contributed by atoms with Crippen LogP contribution in [0.25, 0.3) is 0 Å².